The Morgan fingerprint density at radius 2 is 1.89 bits per heavy atom. The molecule has 108 valence electrons. The van der Waals surface area contributed by atoms with E-state index in [0.717, 1.165) is 23.7 Å². The Hall–Kier alpha value is -0.580. The van der Waals surface area contributed by atoms with Gasteiger partial charge in [0.05, 0.1) is 0 Å². The van der Waals surface area contributed by atoms with Crippen LogP contribution in [0.4, 0.5) is 4.79 Å². The fraction of sp³-hybridized carbons (Fsp3) is 0.562. The Morgan fingerprint density at radius 3 is 2.63 bits per heavy atom. The van der Waals surface area contributed by atoms with Gasteiger partial charge in [0, 0.05) is 0 Å². The molecule has 0 radical (unpaired) electrons. The van der Waals surface area contributed by atoms with Crippen molar-refractivity contribution >= 4 is 25.2 Å². The van der Waals surface area contributed by atoms with E-state index in [1.807, 2.05) is 6.07 Å². The quantitative estimate of drug-likeness (QED) is 0.248. The van der Waals surface area contributed by atoms with Gasteiger partial charge >= 0.3 is 127 Å². The molecule has 19 heavy (non-hydrogen) atoms. The van der Waals surface area contributed by atoms with Gasteiger partial charge in [-0.05, 0) is 0 Å². The van der Waals surface area contributed by atoms with Gasteiger partial charge in [-0.3, -0.25) is 0 Å². The number of alkyl halides is 1. The first-order valence-electron chi connectivity index (χ1n) is 7.16. The van der Waals surface area contributed by atoms with Crippen LogP contribution in [0.15, 0.2) is 30.3 Å². The van der Waals surface area contributed by atoms with E-state index >= 15 is 0 Å². The second-order valence-electron chi connectivity index (χ2n) is 4.60. The third-order valence-corrected chi connectivity index (χ3v) is 5.31. The molecule has 0 atom stereocenters. The Labute approximate surface area is 127 Å². The number of carbonyl (C=O) groups is 1. The van der Waals surface area contributed by atoms with Gasteiger partial charge in [0.2, 0.25) is 0 Å². The molecule has 0 bridgehead atoms. The maximum atomic E-state index is 11.4. The molecule has 1 aromatic rings. The molecule has 0 aliphatic carbocycles. The van der Waals surface area contributed by atoms with Gasteiger partial charge in [-0.1, -0.05) is 0 Å². The third-order valence-electron chi connectivity index (χ3n) is 2.89. The first-order chi connectivity index (χ1) is 9.33. The van der Waals surface area contributed by atoms with Crippen LogP contribution >= 0.6 is 21.2 Å². The molecule has 2 nitrogen and oxygen atoms in total. The van der Waals surface area contributed by atoms with Crippen LogP contribution in [0.3, 0.4) is 0 Å². The zero-order valence-electron chi connectivity index (χ0n) is 11.8. The van der Waals surface area contributed by atoms with Crippen molar-refractivity contribution in [2.75, 3.05) is 11.0 Å². The minimum atomic E-state index is -0.541. The van der Waals surface area contributed by atoms with Crippen molar-refractivity contribution in [2.45, 2.75) is 45.4 Å². The number of benzene rings is 1. The summed E-state index contributed by atoms with van der Waals surface area (Å²) in [4.78, 5) is 11.4. The van der Waals surface area contributed by atoms with Gasteiger partial charge in [0.25, 0.3) is 0 Å². The summed E-state index contributed by atoms with van der Waals surface area (Å²) in [7, 11) is 0. The molecule has 0 fully saturated rings. The summed E-state index contributed by atoms with van der Waals surface area (Å²) in [5.41, 5.74) is 1.39. The predicted octanol–water partition coefficient (Wildman–Crippen LogP) is 5.04. The van der Waals surface area contributed by atoms with E-state index in [1.165, 1.54) is 24.8 Å². The fourth-order valence-electron chi connectivity index (χ4n) is 1.75. The van der Waals surface area contributed by atoms with E-state index in [4.69, 9.17) is 4.74 Å². The monoisotopic (exact) mass is 376 g/mol. The van der Waals surface area contributed by atoms with Crippen molar-refractivity contribution in [3.05, 3.63) is 35.9 Å². The Kier molecular flexibility index (Phi) is 9.77. The van der Waals surface area contributed by atoms with E-state index in [0.29, 0.717) is 6.61 Å². The summed E-state index contributed by atoms with van der Waals surface area (Å²) in [6, 6.07) is 10.5. The first kappa shape index (κ1) is 16.5. The standard InChI is InChI=1S/C16H25IO2/c1-2-3-13-17-16(18)19-14-9-5-8-12-15-10-6-4-7-11-15/h4,6-7,10-11,17H,2-3,5,8-9,12-14H2,1H3. The van der Waals surface area contributed by atoms with E-state index in [9.17, 15) is 4.79 Å². The molecule has 0 N–H and O–H groups in total. The van der Waals surface area contributed by atoms with Crippen molar-refractivity contribution in [2.24, 2.45) is 0 Å². The summed E-state index contributed by atoms with van der Waals surface area (Å²) >= 11 is -0.541. The summed E-state index contributed by atoms with van der Waals surface area (Å²) in [6.07, 6.45) is 6.79. The Balaban J connectivity index is 1.92. The maximum absolute atomic E-state index is 11.4. The molecule has 0 heterocycles. The van der Waals surface area contributed by atoms with Gasteiger partial charge < -0.3 is 0 Å². The number of ether oxygens (including phenoxy) is 1. The molecule has 0 saturated heterocycles. The minimum absolute atomic E-state index is 0.0990. The molecule has 1 aromatic carbocycles. The number of hydrogen-bond acceptors (Lipinski definition) is 2. The average Bonchev–Trinajstić information content (AvgIpc) is 2.44. The molecule has 0 aliphatic heterocycles. The van der Waals surface area contributed by atoms with Crippen LogP contribution < -0.4 is 0 Å². The number of aryl methyl sites for hydroxylation is 1. The number of hydrogen-bond donors (Lipinski definition) is 0. The Morgan fingerprint density at radius 1 is 1.11 bits per heavy atom. The first-order valence-corrected chi connectivity index (χ1v) is 9.97. The summed E-state index contributed by atoms with van der Waals surface area (Å²) in [6.45, 7) is 2.77. The molecule has 0 amide bonds. The predicted molar refractivity (Wildman–Crippen MR) is 90.5 cm³/mol. The van der Waals surface area contributed by atoms with Crippen molar-refractivity contribution in [1.82, 2.24) is 0 Å². The second-order valence-corrected chi connectivity index (χ2v) is 7.54. The molecule has 0 aliphatic rings. The number of rotatable bonds is 10. The van der Waals surface area contributed by atoms with Crippen molar-refractivity contribution in [3.63, 3.8) is 0 Å². The molecule has 0 spiro atoms. The van der Waals surface area contributed by atoms with Crippen LogP contribution in [-0.4, -0.2) is 15.0 Å². The molecule has 0 saturated carbocycles. The fourth-order valence-corrected chi connectivity index (χ4v) is 3.94. The van der Waals surface area contributed by atoms with E-state index in [-0.39, 0.29) is 3.98 Å². The summed E-state index contributed by atoms with van der Waals surface area (Å²) < 4.78 is 6.45. The van der Waals surface area contributed by atoms with Gasteiger partial charge in [0.15, 0.2) is 0 Å². The van der Waals surface area contributed by atoms with Crippen molar-refractivity contribution in [3.8, 4) is 0 Å². The van der Waals surface area contributed by atoms with Crippen LogP contribution in [-0.2, 0) is 11.2 Å². The second kappa shape index (κ2) is 11.3. The topological polar surface area (TPSA) is 26.3 Å². The van der Waals surface area contributed by atoms with Crippen molar-refractivity contribution < 1.29 is 9.53 Å². The molecule has 3 heteroatoms. The van der Waals surface area contributed by atoms with Gasteiger partial charge in [-0.25, -0.2) is 0 Å². The van der Waals surface area contributed by atoms with E-state index in [1.54, 1.807) is 0 Å². The van der Waals surface area contributed by atoms with E-state index < -0.39 is 21.2 Å². The third kappa shape index (κ3) is 9.03. The van der Waals surface area contributed by atoms with Gasteiger partial charge in [-0.2, -0.15) is 0 Å². The van der Waals surface area contributed by atoms with Gasteiger partial charge in [-0.15, -0.1) is 0 Å². The van der Waals surface area contributed by atoms with Gasteiger partial charge in [0.1, 0.15) is 0 Å². The molecular formula is C16H25IO2. The van der Waals surface area contributed by atoms with Crippen molar-refractivity contribution in [1.29, 1.82) is 0 Å². The average molecular weight is 376 g/mol. The normalized spacial score (nSPS) is 10.6. The van der Waals surface area contributed by atoms with Crippen LogP contribution in [0.1, 0.15) is 44.6 Å². The zero-order valence-corrected chi connectivity index (χ0v) is 14.1. The molecular weight excluding hydrogens is 351 g/mol. The van der Waals surface area contributed by atoms with Crippen LogP contribution in [0.2, 0.25) is 0 Å². The number of unbranched alkanes of at least 4 members (excludes halogenated alkanes) is 3. The summed E-state index contributed by atoms with van der Waals surface area (Å²) in [5, 5.41) is 0. The zero-order chi connectivity index (χ0) is 13.8. The summed E-state index contributed by atoms with van der Waals surface area (Å²) in [5.74, 6) is 0. The van der Waals surface area contributed by atoms with E-state index in [2.05, 4.69) is 31.2 Å². The molecule has 1 rings (SSSR count). The van der Waals surface area contributed by atoms with Crippen LogP contribution in [0.25, 0.3) is 0 Å². The molecule has 0 unspecified atom stereocenters. The Bertz CT molecular complexity index is 338. The SMILES string of the molecule is CCCC[IH]C(=O)OCCCCCc1ccccc1. The molecule has 0 aromatic heterocycles. The number of halogens is 1. The van der Waals surface area contributed by atoms with Crippen LogP contribution in [0, 0.1) is 0 Å². The van der Waals surface area contributed by atoms with Crippen LogP contribution in [0.5, 0.6) is 0 Å². The number of carbonyl (C=O) groups excluding carboxylic acids is 1.